The maximum Gasteiger partial charge on any atom is 0.239 e. The van der Waals surface area contributed by atoms with E-state index in [4.69, 9.17) is 0 Å². The molecule has 0 bridgehead atoms. The van der Waals surface area contributed by atoms with E-state index in [9.17, 15) is 9.59 Å². The highest BCUT2D eigenvalue weighted by Gasteiger charge is 2.18. The maximum atomic E-state index is 12.0. The first kappa shape index (κ1) is 17.2. The van der Waals surface area contributed by atoms with Crippen molar-refractivity contribution in [3.05, 3.63) is 29.8 Å². The molecule has 0 radical (unpaired) electrons. The second kappa shape index (κ2) is 8.42. The summed E-state index contributed by atoms with van der Waals surface area (Å²) in [4.78, 5) is 25.6. The van der Waals surface area contributed by atoms with Crippen LogP contribution in [-0.2, 0) is 9.59 Å². The normalized spacial score (nSPS) is 11.8. The highest BCUT2D eigenvalue weighted by atomic mass is 16.2. The zero-order chi connectivity index (χ0) is 15.8. The van der Waals surface area contributed by atoms with E-state index in [2.05, 4.69) is 10.6 Å². The van der Waals surface area contributed by atoms with Crippen LogP contribution in [0.3, 0.4) is 0 Å². The number of hydrogen-bond acceptors (Lipinski definition) is 3. The number of rotatable bonds is 7. The largest absolute Gasteiger partial charge is 0.342 e. The van der Waals surface area contributed by atoms with Crippen LogP contribution in [0.5, 0.6) is 0 Å². The molecule has 5 nitrogen and oxygen atoms in total. The molecular weight excluding hydrogens is 266 g/mol. The number of amides is 2. The van der Waals surface area contributed by atoms with Gasteiger partial charge in [-0.1, -0.05) is 17.7 Å². The Balaban J connectivity index is 2.42. The molecule has 2 amide bonds. The molecule has 21 heavy (non-hydrogen) atoms. The summed E-state index contributed by atoms with van der Waals surface area (Å²) >= 11 is 0. The summed E-state index contributed by atoms with van der Waals surface area (Å²) in [6.07, 6.45) is 0. The Morgan fingerprint density at radius 1 is 1.14 bits per heavy atom. The number of nitrogens with one attached hydrogen (secondary N) is 2. The fraction of sp³-hybridized carbons (Fsp3) is 0.500. The molecule has 0 aliphatic heterocycles. The molecule has 0 saturated carbocycles. The lowest BCUT2D eigenvalue weighted by Gasteiger charge is -2.23. The molecule has 116 valence electrons. The van der Waals surface area contributed by atoms with Crippen LogP contribution in [0, 0.1) is 6.92 Å². The van der Waals surface area contributed by atoms with E-state index in [1.165, 1.54) is 0 Å². The van der Waals surface area contributed by atoms with Gasteiger partial charge in [0, 0.05) is 18.8 Å². The first-order valence-electron chi connectivity index (χ1n) is 7.36. The number of anilines is 1. The third-order valence-electron chi connectivity index (χ3n) is 3.35. The number of likely N-dealkylation sites (N-methyl/N-ethyl adjacent to an activating group) is 1. The molecule has 0 aliphatic carbocycles. The van der Waals surface area contributed by atoms with Crippen LogP contribution in [0.4, 0.5) is 5.69 Å². The number of nitrogens with zero attached hydrogens (tertiary/aromatic N) is 1. The molecule has 1 atom stereocenters. The van der Waals surface area contributed by atoms with Gasteiger partial charge in [-0.25, -0.2) is 0 Å². The van der Waals surface area contributed by atoms with Crippen LogP contribution in [0.2, 0.25) is 0 Å². The number of carbonyl (C=O) groups is 2. The van der Waals surface area contributed by atoms with Crippen molar-refractivity contribution < 1.29 is 9.59 Å². The van der Waals surface area contributed by atoms with Crippen LogP contribution >= 0.6 is 0 Å². The highest BCUT2D eigenvalue weighted by Crippen LogP contribution is 2.08. The minimum atomic E-state index is -0.367. The van der Waals surface area contributed by atoms with E-state index in [1.807, 2.05) is 45.0 Å². The third-order valence-corrected chi connectivity index (χ3v) is 3.35. The zero-order valence-corrected chi connectivity index (χ0v) is 13.3. The molecule has 1 aromatic carbocycles. The average Bonchev–Trinajstić information content (AvgIpc) is 2.48. The average molecular weight is 291 g/mol. The van der Waals surface area contributed by atoms with E-state index >= 15 is 0 Å². The minimum Gasteiger partial charge on any atom is -0.342 e. The van der Waals surface area contributed by atoms with E-state index in [1.54, 1.807) is 11.8 Å². The fourth-order valence-electron chi connectivity index (χ4n) is 1.98. The maximum absolute atomic E-state index is 12.0. The minimum absolute atomic E-state index is 0.0168. The van der Waals surface area contributed by atoms with Gasteiger partial charge in [0.25, 0.3) is 0 Å². The smallest absolute Gasteiger partial charge is 0.239 e. The quantitative estimate of drug-likeness (QED) is 0.805. The van der Waals surface area contributed by atoms with Gasteiger partial charge in [-0.05, 0) is 39.8 Å². The summed E-state index contributed by atoms with van der Waals surface area (Å²) in [5, 5.41) is 5.75. The Bertz CT molecular complexity index is 467. The SMILES string of the molecule is CCN(CC)C(=O)C(C)NCC(=O)Nc1ccc(C)cc1. The Hall–Kier alpha value is -1.88. The Kier molecular flexibility index (Phi) is 6.88. The van der Waals surface area contributed by atoms with Gasteiger partial charge in [-0.2, -0.15) is 0 Å². The lowest BCUT2D eigenvalue weighted by atomic mass is 10.2. The Labute approximate surface area is 126 Å². The van der Waals surface area contributed by atoms with E-state index in [0.29, 0.717) is 13.1 Å². The summed E-state index contributed by atoms with van der Waals surface area (Å²) in [5.74, 6) is -0.138. The van der Waals surface area contributed by atoms with Crippen LogP contribution in [0.25, 0.3) is 0 Å². The first-order chi connectivity index (χ1) is 9.97. The second-order valence-electron chi connectivity index (χ2n) is 5.03. The van der Waals surface area contributed by atoms with Crippen molar-refractivity contribution in [3.8, 4) is 0 Å². The van der Waals surface area contributed by atoms with Gasteiger partial charge in [-0.3, -0.25) is 14.9 Å². The Morgan fingerprint density at radius 3 is 2.24 bits per heavy atom. The van der Waals surface area contributed by atoms with Crippen molar-refractivity contribution in [2.24, 2.45) is 0 Å². The van der Waals surface area contributed by atoms with Crippen molar-refractivity contribution in [1.82, 2.24) is 10.2 Å². The van der Waals surface area contributed by atoms with Crippen molar-refractivity contribution in [2.45, 2.75) is 33.7 Å². The molecular formula is C16H25N3O2. The topological polar surface area (TPSA) is 61.4 Å². The van der Waals surface area contributed by atoms with Crippen molar-refractivity contribution >= 4 is 17.5 Å². The molecule has 0 heterocycles. The molecule has 0 spiro atoms. The van der Waals surface area contributed by atoms with Gasteiger partial charge < -0.3 is 10.2 Å². The van der Waals surface area contributed by atoms with Gasteiger partial charge in [0.2, 0.25) is 11.8 Å². The van der Waals surface area contributed by atoms with Crippen LogP contribution in [-0.4, -0.2) is 42.4 Å². The van der Waals surface area contributed by atoms with E-state index < -0.39 is 0 Å². The molecule has 0 aliphatic rings. The standard InChI is InChI=1S/C16H25N3O2/c1-5-19(6-2)16(21)13(4)17-11-15(20)18-14-9-7-12(3)8-10-14/h7-10,13,17H,5-6,11H2,1-4H3,(H,18,20). The van der Waals surface area contributed by atoms with Gasteiger partial charge in [-0.15, -0.1) is 0 Å². The fourth-order valence-corrected chi connectivity index (χ4v) is 1.98. The molecule has 0 saturated heterocycles. The van der Waals surface area contributed by atoms with Crippen molar-refractivity contribution in [3.63, 3.8) is 0 Å². The number of benzene rings is 1. The van der Waals surface area contributed by atoms with Gasteiger partial charge >= 0.3 is 0 Å². The van der Waals surface area contributed by atoms with Crippen LogP contribution < -0.4 is 10.6 Å². The van der Waals surface area contributed by atoms with E-state index in [-0.39, 0.29) is 24.4 Å². The number of hydrogen-bond donors (Lipinski definition) is 2. The number of aryl methyl sites for hydroxylation is 1. The zero-order valence-electron chi connectivity index (χ0n) is 13.3. The van der Waals surface area contributed by atoms with Gasteiger partial charge in [0.05, 0.1) is 12.6 Å². The molecule has 1 unspecified atom stereocenters. The second-order valence-corrected chi connectivity index (χ2v) is 5.03. The summed E-state index contributed by atoms with van der Waals surface area (Å²) in [6, 6.07) is 7.23. The van der Waals surface area contributed by atoms with Crippen molar-refractivity contribution in [1.29, 1.82) is 0 Å². The molecule has 5 heteroatoms. The number of carbonyl (C=O) groups excluding carboxylic acids is 2. The van der Waals surface area contributed by atoms with Crippen molar-refractivity contribution in [2.75, 3.05) is 25.0 Å². The molecule has 1 rings (SSSR count). The lowest BCUT2D eigenvalue weighted by Crippen LogP contribution is -2.46. The Morgan fingerprint density at radius 2 is 1.71 bits per heavy atom. The predicted molar refractivity (Wildman–Crippen MR) is 85.2 cm³/mol. The third kappa shape index (κ3) is 5.55. The summed E-state index contributed by atoms with van der Waals surface area (Å²) in [7, 11) is 0. The van der Waals surface area contributed by atoms with Gasteiger partial charge in [0.15, 0.2) is 0 Å². The monoisotopic (exact) mass is 291 g/mol. The highest BCUT2D eigenvalue weighted by molar-refractivity contribution is 5.92. The van der Waals surface area contributed by atoms with Crippen LogP contribution in [0.15, 0.2) is 24.3 Å². The summed E-state index contributed by atoms with van der Waals surface area (Å²) < 4.78 is 0. The molecule has 0 aromatic heterocycles. The van der Waals surface area contributed by atoms with Gasteiger partial charge in [0.1, 0.15) is 0 Å². The molecule has 2 N–H and O–H groups in total. The molecule has 1 aromatic rings. The summed E-state index contributed by atoms with van der Waals surface area (Å²) in [5.41, 5.74) is 1.90. The predicted octanol–water partition coefficient (Wildman–Crippen LogP) is 1.78. The molecule has 0 fully saturated rings. The van der Waals surface area contributed by atoms with E-state index in [0.717, 1.165) is 11.3 Å². The first-order valence-corrected chi connectivity index (χ1v) is 7.36. The lowest BCUT2D eigenvalue weighted by molar-refractivity contribution is -0.132. The van der Waals surface area contributed by atoms with Crippen LogP contribution in [0.1, 0.15) is 26.3 Å². The summed E-state index contributed by atoms with van der Waals surface area (Å²) in [6.45, 7) is 9.12.